The fourth-order valence-electron chi connectivity index (χ4n) is 2.58. The number of thiazole rings is 1. The van der Waals surface area contributed by atoms with Crippen molar-refractivity contribution >= 4 is 39.1 Å². The number of nitrogens with zero attached hydrogens (tertiary/aromatic N) is 2. The Bertz CT molecular complexity index is 1020. The van der Waals surface area contributed by atoms with Gasteiger partial charge in [-0.1, -0.05) is 41.1 Å². The quantitative estimate of drug-likeness (QED) is 0.704. The van der Waals surface area contributed by atoms with E-state index >= 15 is 0 Å². The molecule has 0 N–H and O–H groups in total. The van der Waals surface area contributed by atoms with E-state index < -0.39 is 0 Å². The van der Waals surface area contributed by atoms with Crippen molar-refractivity contribution in [3.05, 3.63) is 51.8 Å². The highest BCUT2D eigenvalue weighted by Crippen LogP contribution is 2.36. The molecule has 0 atom stereocenters. The number of fused-ring (bicyclic) bond motifs is 2. The monoisotopic (exact) mass is 360 g/mol. The van der Waals surface area contributed by atoms with Gasteiger partial charge in [-0.05, 0) is 11.6 Å². The van der Waals surface area contributed by atoms with E-state index in [-0.39, 0.29) is 19.1 Å². The van der Waals surface area contributed by atoms with Crippen LogP contribution < -0.4 is 14.3 Å². The van der Waals surface area contributed by atoms with E-state index in [1.165, 1.54) is 11.3 Å². The molecule has 1 aliphatic heterocycles. The molecule has 0 unspecified atom stereocenters. The summed E-state index contributed by atoms with van der Waals surface area (Å²) in [6.07, 6.45) is 0.177. The summed E-state index contributed by atoms with van der Waals surface area (Å²) < 4.78 is 13.7. The largest absolute Gasteiger partial charge is 0.454 e. The third-order valence-corrected chi connectivity index (χ3v) is 5.29. The Balaban J connectivity index is 1.71. The highest BCUT2D eigenvalue weighted by molar-refractivity contribution is 7.16. The van der Waals surface area contributed by atoms with E-state index in [0.717, 1.165) is 21.5 Å². The predicted octanol–water partition coefficient (Wildman–Crippen LogP) is 3.29. The molecule has 1 aromatic heterocycles. The number of aryl methyl sites for hydroxylation is 1. The molecular formula is C17H13ClN2O3S. The minimum Gasteiger partial charge on any atom is -0.454 e. The molecular weight excluding hydrogens is 348 g/mol. The molecule has 0 fully saturated rings. The molecule has 0 saturated heterocycles. The summed E-state index contributed by atoms with van der Waals surface area (Å²) >= 11 is 7.54. The van der Waals surface area contributed by atoms with Crippen LogP contribution in [0.5, 0.6) is 11.5 Å². The van der Waals surface area contributed by atoms with Crippen molar-refractivity contribution in [2.24, 2.45) is 12.0 Å². The molecule has 5 nitrogen and oxygen atoms in total. The van der Waals surface area contributed by atoms with Gasteiger partial charge in [-0.25, -0.2) is 0 Å². The van der Waals surface area contributed by atoms with E-state index in [1.807, 2.05) is 41.9 Å². The number of carbonyl (C=O) groups excluding carboxylic acids is 1. The first-order chi connectivity index (χ1) is 11.6. The van der Waals surface area contributed by atoms with E-state index in [9.17, 15) is 4.79 Å². The standard InChI is InChI=1S/C17H13ClN2O3S/c1-20-12-7-13-14(23-9-22-13)8-15(12)24-17(20)19-16(21)6-10-4-2-3-5-11(10)18/h2-5,7-8H,6,9H2,1H3. The second kappa shape index (κ2) is 5.96. The third kappa shape index (κ3) is 2.68. The van der Waals surface area contributed by atoms with E-state index in [4.69, 9.17) is 21.1 Å². The molecule has 2 heterocycles. The zero-order valence-electron chi connectivity index (χ0n) is 12.8. The highest BCUT2D eigenvalue weighted by atomic mass is 35.5. The van der Waals surface area contributed by atoms with Gasteiger partial charge in [-0.2, -0.15) is 4.99 Å². The highest BCUT2D eigenvalue weighted by Gasteiger charge is 2.17. The fourth-order valence-corrected chi connectivity index (χ4v) is 3.82. The second-order valence-electron chi connectivity index (χ2n) is 5.39. The van der Waals surface area contributed by atoms with Crippen molar-refractivity contribution in [3.63, 3.8) is 0 Å². The number of benzene rings is 2. The number of hydrogen-bond acceptors (Lipinski definition) is 4. The van der Waals surface area contributed by atoms with E-state index in [0.29, 0.717) is 15.6 Å². The lowest BCUT2D eigenvalue weighted by molar-refractivity contribution is -0.117. The van der Waals surface area contributed by atoms with Crippen molar-refractivity contribution in [1.82, 2.24) is 4.57 Å². The smallest absolute Gasteiger partial charge is 0.252 e. The van der Waals surface area contributed by atoms with Crippen LogP contribution in [-0.4, -0.2) is 17.3 Å². The number of hydrogen-bond donors (Lipinski definition) is 0. The predicted molar refractivity (Wildman–Crippen MR) is 92.6 cm³/mol. The molecule has 0 aliphatic carbocycles. The van der Waals surface area contributed by atoms with Gasteiger partial charge in [0.25, 0.3) is 5.91 Å². The van der Waals surface area contributed by atoms with Crippen molar-refractivity contribution in [1.29, 1.82) is 0 Å². The summed E-state index contributed by atoms with van der Waals surface area (Å²) in [7, 11) is 1.88. The van der Waals surface area contributed by atoms with Gasteiger partial charge in [0.15, 0.2) is 16.3 Å². The Morgan fingerprint density at radius 1 is 1.29 bits per heavy atom. The zero-order valence-corrected chi connectivity index (χ0v) is 14.4. The van der Waals surface area contributed by atoms with Crippen molar-refractivity contribution in [2.75, 3.05) is 6.79 Å². The first-order valence-electron chi connectivity index (χ1n) is 7.32. The van der Waals surface area contributed by atoms with Gasteiger partial charge in [0.05, 0.1) is 16.6 Å². The van der Waals surface area contributed by atoms with Gasteiger partial charge >= 0.3 is 0 Å². The molecule has 1 aliphatic rings. The van der Waals surface area contributed by atoms with Crippen LogP contribution in [0, 0.1) is 0 Å². The Labute approximate surface area is 146 Å². The molecule has 122 valence electrons. The SMILES string of the molecule is Cn1c(=NC(=O)Cc2ccccc2Cl)sc2cc3c(cc21)OCO3. The third-order valence-electron chi connectivity index (χ3n) is 3.82. The summed E-state index contributed by atoms with van der Waals surface area (Å²) in [5.41, 5.74) is 1.73. The first kappa shape index (κ1) is 15.2. The maximum absolute atomic E-state index is 12.3. The van der Waals surface area contributed by atoms with Crippen LogP contribution in [0.15, 0.2) is 41.4 Å². The lowest BCUT2D eigenvalue weighted by Crippen LogP contribution is -2.14. The maximum Gasteiger partial charge on any atom is 0.252 e. The summed E-state index contributed by atoms with van der Waals surface area (Å²) in [4.78, 5) is 17.2. The Hall–Kier alpha value is -2.31. The van der Waals surface area contributed by atoms with E-state index in [1.54, 1.807) is 6.07 Å². The van der Waals surface area contributed by atoms with Gasteiger partial charge in [0, 0.05) is 24.2 Å². The van der Waals surface area contributed by atoms with Crippen LogP contribution in [0.3, 0.4) is 0 Å². The fraction of sp³-hybridized carbons (Fsp3) is 0.176. The average Bonchev–Trinajstić information content (AvgIpc) is 3.13. The second-order valence-corrected chi connectivity index (χ2v) is 6.81. The molecule has 4 rings (SSSR count). The van der Waals surface area contributed by atoms with Gasteiger partial charge in [-0.15, -0.1) is 0 Å². The lowest BCUT2D eigenvalue weighted by atomic mass is 10.1. The Morgan fingerprint density at radius 3 is 2.83 bits per heavy atom. The number of halogens is 1. The molecule has 1 amide bonds. The van der Waals surface area contributed by atoms with Crippen LogP contribution in [-0.2, 0) is 18.3 Å². The van der Waals surface area contributed by atoms with Crippen molar-refractivity contribution < 1.29 is 14.3 Å². The summed E-state index contributed by atoms with van der Waals surface area (Å²) in [5, 5.41) is 0.576. The molecule has 24 heavy (non-hydrogen) atoms. The molecule has 2 aromatic carbocycles. The van der Waals surface area contributed by atoms with Gasteiger partial charge in [0.1, 0.15) is 0 Å². The van der Waals surface area contributed by atoms with Crippen LogP contribution in [0.25, 0.3) is 10.2 Å². The summed E-state index contributed by atoms with van der Waals surface area (Å²) in [6, 6.07) is 11.1. The Kier molecular flexibility index (Phi) is 3.78. The minimum atomic E-state index is -0.231. The summed E-state index contributed by atoms with van der Waals surface area (Å²) in [5.74, 6) is 1.20. The van der Waals surface area contributed by atoms with Crippen LogP contribution in [0.4, 0.5) is 0 Å². The van der Waals surface area contributed by atoms with Crippen LogP contribution in [0.2, 0.25) is 5.02 Å². The first-order valence-corrected chi connectivity index (χ1v) is 8.51. The molecule has 3 aromatic rings. The van der Waals surface area contributed by atoms with Crippen LogP contribution >= 0.6 is 22.9 Å². The average molecular weight is 361 g/mol. The molecule has 7 heteroatoms. The Morgan fingerprint density at radius 2 is 2.04 bits per heavy atom. The number of amides is 1. The maximum atomic E-state index is 12.3. The number of ether oxygens (including phenoxy) is 2. The molecule has 0 bridgehead atoms. The minimum absolute atomic E-state index is 0.177. The number of rotatable bonds is 2. The lowest BCUT2D eigenvalue weighted by Gasteiger charge is -2.00. The van der Waals surface area contributed by atoms with Gasteiger partial charge < -0.3 is 14.0 Å². The normalized spacial score (nSPS) is 13.7. The van der Waals surface area contributed by atoms with E-state index in [2.05, 4.69) is 4.99 Å². The molecule has 0 saturated carbocycles. The number of aromatic nitrogens is 1. The van der Waals surface area contributed by atoms with Crippen molar-refractivity contribution in [3.8, 4) is 11.5 Å². The molecule has 0 spiro atoms. The van der Waals surface area contributed by atoms with Crippen molar-refractivity contribution in [2.45, 2.75) is 6.42 Å². The topological polar surface area (TPSA) is 52.8 Å². The molecule has 0 radical (unpaired) electrons. The zero-order chi connectivity index (χ0) is 16.7. The van der Waals surface area contributed by atoms with Gasteiger partial charge in [-0.3, -0.25) is 4.79 Å². The summed E-state index contributed by atoms with van der Waals surface area (Å²) in [6.45, 7) is 0.240. The van der Waals surface area contributed by atoms with Crippen LogP contribution in [0.1, 0.15) is 5.56 Å². The van der Waals surface area contributed by atoms with Gasteiger partial charge in [0.2, 0.25) is 6.79 Å². The number of carbonyl (C=O) groups is 1.